The van der Waals surface area contributed by atoms with E-state index < -0.39 is 0 Å². The zero-order valence-electron chi connectivity index (χ0n) is 15.2. The van der Waals surface area contributed by atoms with Gasteiger partial charge < -0.3 is 9.32 Å². The highest BCUT2D eigenvalue weighted by atomic mass is 16.4. The number of piperidine rings is 1. The van der Waals surface area contributed by atoms with Crippen molar-refractivity contribution < 1.29 is 9.21 Å². The molecule has 1 aliphatic rings. The van der Waals surface area contributed by atoms with Gasteiger partial charge in [-0.25, -0.2) is 0 Å². The number of nitrogens with zero attached hydrogens (tertiary/aromatic N) is 3. The van der Waals surface area contributed by atoms with Crippen LogP contribution in [0.2, 0.25) is 0 Å². The van der Waals surface area contributed by atoms with E-state index in [2.05, 4.69) is 34.5 Å². The molecule has 1 fully saturated rings. The zero-order chi connectivity index (χ0) is 18.1. The summed E-state index contributed by atoms with van der Waals surface area (Å²) in [6.45, 7) is 4.63. The second-order valence-electron chi connectivity index (χ2n) is 7.21. The summed E-state index contributed by atoms with van der Waals surface area (Å²) in [7, 11) is 0. The number of fused-ring (bicyclic) bond motifs is 1. The molecule has 1 amide bonds. The summed E-state index contributed by atoms with van der Waals surface area (Å²) < 4.78 is 6.00. The van der Waals surface area contributed by atoms with Crippen molar-refractivity contribution in [2.24, 2.45) is 5.92 Å². The molecule has 0 radical (unpaired) electrons. The van der Waals surface area contributed by atoms with Gasteiger partial charge in [-0.05, 0) is 42.2 Å². The van der Waals surface area contributed by atoms with Gasteiger partial charge in [0, 0.05) is 18.0 Å². The molecule has 0 aliphatic carbocycles. The van der Waals surface area contributed by atoms with E-state index >= 15 is 0 Å². The van der Waals surface area contributed by atoms with E-state index in [-0.39, 0.29) is 17.9 Å². The maximum Gasteiger partial charge on any atom is 0.247 e. The number of benzene rings is 2. The van der Waals surface area contributed by atoms with Crippen molar-refractivity contribution in [3.63, 3.8) is 0 Å². The van der Waals surface area contributed by atoms with Crippen LogP contribution < -0.4 is 0 Å². The van der Waals surface area contributed by atoms with Gasteiger partial charge in [0.15, 0.2) is 0 Å². The molecular weight excluding hydrogens is 326 g/mol. The number of aromatic nitrogens is 2. The fourth-order valence-corrected chi connectivity index (χ4v) is 3.59. The number of hydrogen-bond donors (Lipinski definition) is 0. The smallest absolute Gasteiger partial charge is 0.247 e. The topological polar surface area (TPSA) is 59.2 Å². The summed E-state index contributed by atoms with van der Waals surface area (Å²) in [5, 5.41) is 10.8. The summed E-state index contributed by atoms with van der Waals surface area (Å²) in [5.41, 5.74) is 0.903. The van der Waals surface area contributed by atoms with Gasteiger partial charge in [0.05, 0.1) is 0 Å². The van der Waals surface area contributed by atoms with Crippen molar-refractivity contribution in [1.82, 2.24) is 15.1 Å². The quantitative estimate of drug-likeness (QED) is 0.693. The molecule has 1 saturated heterocycles. The number of likely N-dealkylation sites (tertiary alicyclic amines) is 1. The maximum atomic E-state index is 12.5. The minimum absolute atomic E-state index is 0.0292. The van der Waals surface area contributed by atoms with Crippen molar-refractivity contribution in [3.8, 4) is 11.5 Å². The molecule has 5 nitrogen and oxygen atoms in total. The van der Waals surface area contributed by atoms with Crippen LogP contribution >= 0.6 is 0 Å². The lowest BCUT2D eigenvalue weighted by Gasteiger charge is -2.34. The molecule has 2 aromatic carbocycles. The largest absolute Gasteiger partial charge is 0.418 e. The number of carbonyl (C=O) groups is 1. The first-order chi connectivity index (χ1) is 12.6. The third kappa shape index (κ3) is 3.09. The van der Waals surface area contributed by atoms with Crippen molar-refractivity contribution in [3.05, 3.63) is 48.4 Å². The molecule has 26 heavy (non-hydrogen) atoms. The Kier molecular flexibility index (Phi) is 4.45. The normalized spacial score (nSPS) is 17.8. The number of carbonyl (C=O) groups excluding carboxylic acids is 1. The summed E-state index contributed by atoms with van der Waals surface area (Å²) in [6.07, 6.45) is 2.97. The van der Waals surface area contributed by atoms with Gasteiger partial charge in [0.1, 0.15) is 6.04 Å². The molecule has 1 aromatic heterocycles. The molecule has 0 bridgehead atoms. The molecule has 1 atom stereocenters. The first-order valence-corrected chi connectivity index (χ1v) is 9.26. The van der Waals surface area contributed by atoms with Crippen LogP contribution in [0.1, 0.15) is 45.0 Å². The highest BCUT2D eigenvalue weighted by molar-refractivity contribution is 5.86. The van der Waals surface area contributed by atoms with Gasteiger partial charge in [-0.15, -0.1) is 10.2 Å². The number of hydrogen-bond acceptors (Lipinski definition) is 4. The third-order valence-electron chi connectivity index (χ3n) is 5.00. The Morgan fingerprint density at radius 1 is 1.12 bits per heavy atom. The Hall–Kier alpha value is -2.69. The Morgan fingerprint density at radius 3 is 2.73 bits per heavy atom. The minimum Gasteiger partial charge on any atom is -0.418 e. The van der Waals surface area contributed by atoms with Gasteiger partial charge in [-0.3, -0.25) is 4.79 Å². The van der Waals surface area contributed by atoms with Crippen LogP contribution in [0.25, 0.3) is 22.2 Å². The van der Waals surface area contributed by atoms with E-state index in [4.69, 9.17) is 4.42 Å². The monoisotopic (exact) mass is 349 g/mol. The molecule has 134 valence electrons. The predicted octanol–water partition coefficient (Wildman–Crippen LogP) is 4.60. The number of rotatable bonds is 3. The predicted molar refractivity (Wildman–Crippen MR) is 100 cm³/mol. The lowest BCUT2D eigenvalue weighted by atomic mass is 10.00. The minimum atomic E-state index is -0.111. The Labute approximate surface area is 153 Å². The van der Waals surface area contributed by atoms with Crippen molar-refractivity contribution in [1.29, 1.82) is 0 Å². The molecule has 0 spiro atoms. The lowest BCUT2D eigenvalue weighted by molar-refractivity contribution is -0.139. The molecular formula is C21H23N3O2. The van der Waals surface area contributed by atoms with E-state index in [0.29, 0.717) is 11.8 Å². The van der Waals surface area contributed by atoms with Crippen molar-refractivity contribution in [2.75, 3.05) is 6.54 Å². The van der Waals surface area contributed by atoms with Gasteiger partial charge >= 0.3 is 0 Å². The number of amides is 1. The van der Waals surface area contributed by atoms with Crippen LogP contribution in [0.3, 0.4) is 0 Å². The van der Waals surface area contributed by atoms with E-state index in [0.717, 1.165) is 36.8 Å². The molecule has 3 aromatic rings. The van der Waals surface area contributed by atoms with Crippen LogP contribution in [-0.4, -0.2) is 27.5 Å². The molecule has 5 heteroatoms. The maximum absolute atomic E-state index is 12.5. The summed E-state index contributed by atoms with van der Waals surface area (Å²) in [6, 6.07) is 14.2. The first kappa shape index (κ1) is 16.8. The third-order valence-corrected chi connectivity index (χ3v) is 5.00. The zero-order valence-corrected chi connectivity index (χ0v) is 15.2. The SMILES string of the molecule is CC(C)C(=O)N1CCCCC1c1nnc(-c2ccc3ccccc3c2)o1. The highest BCUT2D eigenvalue weighted by Crippen LogP contribution is 2.33. The average molecular weight is 349 g/mol. The van der Waals surface area contributed by atoms with Gasteiger partial charge in [0.25, 0.3) is 0 Å². The highest BCUT2D eigenvalue weighted by Gasteiger charge is 2.33. The first-order valence-electron chi connectivity index (χ1n) is 9.26. The second kappa shape index (κ2) is 6.90. The molecule has 4 rings (SSSR count). The van der Waals surface area contributed by atoms with Crippen molar-refractivity contribution >= 4 is 16.7 Å². The van der Waals surface area contributed by atoms with Gasteiger partial charge in [-0.1, -0.05) is 44.2 Å². The molecule has 1 unspecified atom stereocenters. The fourth-order valence-electron chi connectivity index (χ4n) is 3.59. The van der Waals surface area contributed by atoms with Crippen LogP contribution in [0.4, 0.5) is 0 Å². The van der Waals surface area contributed by atoms with Gasteiger partial charge in [0.2, 0.25) is 17.7 Å². The molecule has 2 heterocycles. The lowest BCUT2D eigenvalue weighted by Crippen LogP contribution is -2.40. The van der Waals surface area contributed by atoms with E-state index in [9.17, 15) is 4.79 Å². The van der Waals surface area contributed by atoms with E-state index in [1.54, 1.807) is 0 Å². The summed E-state index contributed by atoms with van der Waals surface area (Å²) in [5.74, 6) is 1.17. The van der Waals surface area contributed by atoms with Crippen LogP contribution in [0, 0.1) is 5.92 Å². The molecule has 0 saturated carbocycles. The molecule has 0 N–H and O–H groups in total. The van der Waals surface area contributed by atoms with Crippen molar-refractivity contribution in [2.45, 2.75) is 39.2 Å². The fraction of sp³-hybridized carbons (Fsp3) is 0.381. The Balaban J connectivity index is 1.64. The average Bonchev–Trinajstić information content (AvgIpc) is 3.17. The summed E-state index contributed by atoms with van der Waals surface area (Å²) in [4.78, 5) is 14.4. The summed E-state index contributed by atoms with van der Waals surface area (Å²) >= 11 is 0. The Bertz CT molecular complexity index is 932. The van der Waals surface area contributed by atoms with Crippen LogP contribution in [0.5, 0.6) is 0 Å². The Morgan fingerprint density at radius 2 is 1.92 bits per heavy atom. The van der Waals surface area contributed by atoms with Crippen LogP contribution in [0.15, 0.2) is 46.9 Å². The second-order valence-corrected chi connectivity index (χ2v) is 7.21. The molecule has 1 aliphatic heterocycles. The van der Waals surface area contributed by atoms with Gasteiger partial charge in [-0.2, -0.15) is 0 Å². The van der Waals surface area contributed by atoms with E-state index in [1.807, 2.05) is 36.9 Å². The van der Waals surface area contributed by atoms with Crippen LogP contribution in [-0.2, 0) is 4.79 Å². The standard InChI is InChI=1S/C21H23N3O2/c1-14(2)21(25)24-12-6-5-9-18(24)20-23-22-19(26-20)17-11-10-15-7-3-4-8-16(15)13-17/h3-4,7-8,10-11,13-14,18H,5-6,9,12H2,1-2H3. The van der Waals surface area contributed by atoms with E-state index in [1.165, 1.54) is 5.39 Å².